The van der Waals surface area contributed by atoms with Crippen LogP contribution < -0.4 is 10.9 Å². The van der Waals surface area contributed by atoms with Gasteiger partial charge in [-0.25, -0.2) is 4.79 Å². The number of pyridine rings is 1. The Bertz CT molecular complexity index is 642. The number of anilines is 1. The number of furan rings is 1. The zero-order chi connectivity index (χ0) is 13.8. The molecule has 100 valence electrons. The maximum atomic E-state index is 11.2. The summed E-state index contributed by atoms with van der Waals surface area (Å²) in [6, 6.07) is 4.78. The summed E-state index contributed by atoms with van der Waals surface area (Å²) in [7, 11) is 2.99. The van der Waals surface area contributed by atoms with Crippen LogP contribution in [-0.2, 0) is 18.3 Å². The minimum absolute atomic E-state index is 0.0727. The van der Waals surface area contributed by atoms with Gasteiger partial charge in [-0.15, -0.1) is 0 Å². The Labute approximate surface area is 109 Å². The predicted molar refractivity (Wildman–Crippen MR) is 69.1 cm³/mol. The van der Waals surface area contributed by atoms with E-state index in [0.29, 0.717) is 17.9 Å². The molecule has 0 amide bonds. The summed E-state index contributed by atoms with van der Waals surface area (Å²) in [5.41, 5.74) is 1.09. The van der Waals surface area contributed by atoms with Gasteiger partial charge in [0.25, 0.3) is 0 Å². The number of esters is 1. The van der Waals surface area contributed by atoms with Crippen LogP contribution in [0.3, 0.4) is 0 Å². The Kier molecular flexibility index (Phi) is 3.70. The summed E-state index contributed by atoms with van der Waals surface area (Å²) in [5, 5.41) is 3.09. The first-order valence-electron chi connectivity index (χ1n) is 5.66. The lowest BCUT2D eigenvalue weighted by atomic mass is 10.3. The van der Waals surface area contributed by atoms with Gasteiger partial charge >= 0.3 is 5.97 Å². The Hall–Kier alpha value is -2.50. The van der Waals surface area contributed by atoms with Crippen molar-refractivity contribution in [2.45, 2.75) is 6.54 Å². The van der Waals surface area contributed by atoms with Crippen LogP contribution in [0, 0.1) is 0 Å². The second kappa shape index (κ2) is 5.43. The zero-order valence-corrected chi connectivity index (χ0v) is 10.7. The first kappa shape index (κ1) is 12.9. The van der Waals surface area contributed by atoms with Crippen molar-refractivity contribution in [2.75, 3.05) is 12.4 Å². The quantitative estimate of drug-likeness (QED) is 0.842. The first-order valence-corrected chi connectivity index (χ1v) is 5.66. The highest BCUT2D eigenvalue weighted by molar-refractivity contribution is 5.88. The molecule has 1 N–H and O–H groups in total. The molecule has 0 spiro atoms. The fourth-order valence-electron chi connectivity index (χ4n) is 1.59. The SMILES string of the molecule is COC(=O)c1coc(CNc2ccc(=O)n(C)c2)c1. The van der Waals surface area contributed by atoms with Gasteiger partial charge in [-0.2, -0.15) is 0 Å². The van der Waals surface area contributed by atoms with Crippen LogP contribution in [-0.4, -0.2) is 17.6 Å². The number of aryl methyl sites for hydroxylation is 1. The molecule has 0 saturated carbocycles. The van der Waals surface area contributed by atoms with E-state index in [1.54, 1.807) is 25.4 Å². The summed E-state index contributed by atoms with van der Waals surface area (Å²) in [6.45, 7) is 0.412. The number of carbonyl (C=O) groups excluding carboxylic acids is 1. The maximum absolute atomic E-state index is 11.2. The minimum atomic E-state index is -0.433. The second-order valence-electron chi connectivity index (χ2n) is 4.01. The smallest absolute Gasteiger partial charge is 0.341 e. The van der Waals surface area contributed by atoms with Crippen LogP contribution in [0.5, 0.6) is 0 Å². The van der Waals surface area contributed by atoms with Crippen LogP contribution in [0.1, 0.15) is 16.1 Å². The molecule has 0 saturated heterocycles. The number of rotatable bonds is 4. The van der Waals surface area contributed by atoms with Gasteiger partial charge < -0.3 is 19.0 Å². The Balaban J connectivity index is 2.02. The normalized spacial score (nSPS) is 10.2. The fourth-order valence-corrected chi connectivity index (χ4v) is 1.59. The number of hydrogen-bond acceptors (Lipinski definition) is 5. The van der Waals surface area contributed by atoms with Crippen LogP contribution in [0.2, 0.25) is 0 Å². The molecule has 19 heavy (non-hydrogen) atoms. The highest BCUT2D eigenvalue weighted by atomic mass is 16.5. The van der Waals surface area contributed by atoms with E-state index >= 15 is 0 Å². The lowest BCUT2D eigenvalue weighted by Crippen LogP contribution is -2.15. The van der Waals surface area contributed by atoms with Crippen molar-refractivity contribution in [3.05, 3.63) is 52.3 Å². The van der Waals surface area contributed by atoms with Crippen LogP contribution in [0.4, 0.5) is 5.69 Å². The summed E-state index contributed by atoms with van der Waals surface area (Å²) in [4.78, 5) is 22.5. The zero-order valence-electron chi connectivity index (χ0n) is 10.7. The molecule has 0 aliphatic rings. The van der Waals surface area contributed by atoms with Crippen LogP contribution in [0.15, 0.2) is 39.9 Å². The van der Waals surface area contributed by atoms with Gasteiger partial charge in [0.2, 0.25) is 5.56 Å². The van der Waals surface area contributed by atoms with E-state index in [-0.39, 0.29) is 5.56 Å². The lowest BCUT2D eigenvalue weighted by Gasteiger charge is -2.05. The third-order valence-electron chi connectivity index (χ3n) is 2.63. The van der Waals surface area contributed by atoms with Crippen molar-refractivity contribution >= 4 is 11.7 Å². The molecule has 0 radical (unpaired) electrons. The number of aromatic nitrogens is 1. The summed E-state index contributed by atoms with van der Waals surface area (Å²) in [6.07, 6.45) is 3.04. The van der Waals surface area contributed by atoms with Crippen LogP contribution >= 0.6 is 0 Å². The average Bonchev–Trinajstić information content (AvgIpc) is 2.88. The highest BCUT2D eigenvalue weighted by Crippen LogP contribution is 2.11. The standard InChI is InChI=1S/C13H14N2O4/c1-15-7-10(3-4-12(15)16)14-6-11-5-9(8-19-11)13(17)18-2/h3-5,7-8,14H,6H2,1-2H3. The van der Waals surface area contributed by atoms with Crippen molar-refractivity contribution in [1.82, 2.24) is 4.57 Å². The van der Waals surface area contributed by atoms with Crippen molar-refractivity contribution in [1.29, 1.82) is 0 Å². The van der Waals surface area contributed by atoms with Crippen molar-refractivity contribution in [2.24, 2.45) is 7.05 Å². The molecule has 0 aliphatic carbocycles. The van der Waals surface area contributed by atoms with E-state index in [2.05, 4.69) is 10.1 Å². The Morgan fingerprint density at radius 2 is 2.26 bits per heavy atom. The monoisotopic (exact) mass is 262 g/mol. The van der Waals surface area contributed by atoms with Gasteiger partial charge in [0.1, 0.15) is 12.0 Å². The van der Waals surface area contributed by atoms with E-state index in [4.69, 9.17) is 4.42 Å². The number of nitrogens with one attached hydrogen (secondary N) is 1. The molecule has 6 heteroatoms. The first-order chi connectivity index (χ1) is 9.10. The average molecular weight is 262 g/mol. The molecule has 6 nitrogen and oxygen atoms in total. The van der Waals surface area contributed by atoms with E-state index in [9.17, 15) is 9.59 Å². The summed E-state index contributed by atoms with van der Waals surface area (Å²) >= 11 is 0. The van der Waals surface area contributed by atoms with Crippen molar-refractivity contribution < 1.29 is 13.9 Å². The van der Waals surface area contributed by atoms with Gasteiger partial charge in [0, 0.05) is 19.3 Å². The molecule has 2 aromatic rings. The Morgan fingerprint density at radius 1 is 1.47 bits per heavy atom. The minimum Gasteiger partial charge on any atom is -0.467 e. The largest absolute Gasteiger partial charge is 0.467 e. The van der Waals surface area contributed by atoms with E-state index in [1.165, 1.54) is 24.0 Å². The summed E-state index contributed by atoms with van der Waals surface area (Å²) in [5.74, 6) is 0.173. The number of ether oxygens (including phenoxy) is 1. The van der Waals surface area contributed by atoms with Crippen molar-refractivity contribution in [3.63, 3.8) is 0 Å². The summed E-state index contributed by atoms with van der Waals surface area (Å²) < 4.78 is 11.3. The lowest BCUT2D eigenvalue weighted by molar-refractivity contribution is 0.0600. The molecule has 0 atom stereocenters. The number of methoxy groups -OCH3 is 1. The molecule has 2 aromatic heterocycles. The molecule has 2 rings (SSSR count). The number of nitrogens with zero attached hydrogens (tertiary/aromatic N) is 1. The van der Waals surface area contributed by atoms with Crippen LogP contribution in [0.25, 0.3) is 0 Å². The van der Waals surface area contributed by atoms with E-state index in [1.807, 2.05) is 0 Å². The maximum Gasteiger partial charge on any atom is 0.341 e. The Morgan fingerprint density at radius 3 is 2.95 bits per heavy atom. The van der Waals surface area contributed by atoms with Gasteiger partial charge in [-0.05, 0) is 12.1 Å². The highest BCUT2D eigenvalue weighted by Gasteiger charge is 2.09. The molecule has 0 bridgehead atoms. The van der Waals surface area contributed by atoms with E-state index < -0.39 is 5.97 Å². The third-order valence-corrected chi connectivity index (χ3v) is 2.63. The molecular formula is C13H14N2O4. The molecular weight excluding hydrogens is 248 g/mol. The molecule has 0 unspecified atom stereocenters. The molecule has 0 aliphatic heterocycles. The van der Waals surface area contributed by atoms with Crippen molar-refractivity contribution in [3.8, 4) is 0 Å². The van der Waals surface area contributed by atoms with Gasteiger partial charge in [0.05, 0.1) is 24.9 Å². The van der Waals surface area contributed by atoms with Gasteiger partial charge in [0.15, 0.2) is 0 Å². The molecule has 0 aromatic carbocycles. The number of carbonyl (C=O) groups is 1. The van der Waals surface area contributed by atoms with E-state index in [0.717, 1.165) is 5.69 Å². The third kappa shape index (κ3) is 3.04. The molecule has 0 fully saturated rings. The topological polar surface area (TPSA) is 73.5 Å². The number of hydrogen-bond donors (Lipinski definition) is 1. The fraction of sp³-hybridized carbons (Fsp3) is 0.231. The predicted octanol–water partition coefficient (Wildman–Crippen LogP) is 1.38. The van der Waals surface area contributed by atoms with Gasteiger partial charge in [-0.1, -0.05) is 0 Å². The van der Waals surface area contributed by atoms with Gasteiger partial charge in [-0.3, -0.25) is 4.79 Å². The molecule has 2 heterocycles. The second-order valence-corrected chi connectivity index (χ2v) is 4.01.